The van der Waals surface area contributed by atoms with Crippen molar-refractivity contribution in [2.75, 3.05) is 12.3 Å². The molecule has 2 nitrogen and oxygen atoms in total. The van der Waals surface area contributed by atoms with Gasteiger partial charge in [0, 0.05) is 23.6 Å². The summed E-state index contributed by atoms with van der Waals surface area (Å²) < 4.78 is 0. The lowest BCUT2D eigenvalue weighted by Crippen LogP contribution is -2.40. The van der Waals surface area contributed by atoms with E-state index in [2.05, 4.69) is 24.0 Å². The zero-order valence-electron chi connectivity index (χ0n) is 10.1. The van der Waals surface area contributed by atoms with Crippen LogP contribution in [0, 0.1) is 6.92 Å². The molecule has 1 aromatic carbocycles. The number of carbonyl (C=O) groups excluding carboxylic acids is 1. The van der Waals surface area contributed by atoms with Crippen molar-refractivity contribution in [3.05, 3.63) is 35.4 Å². The molecule has 2 saturated heterocycles. The van der Waals surface area contributed by atoms with Crippen LogP contribution in [0.15, 0.2) is 24.3 Å². The Labute approximate surface area is 106 Å². The summed E-state index contributed by atoms with van der Waals surface area (Å²) in [6, 6.07) is 8.70. The zero-order chi connectivity index (χ0) is 11.8. The number of benzene rings is 1. The first kappa shape index (κ1) is 11.1. The van der Waals surface area contributed by atoms with Gasteiger partial charge in [-0.15, -0.1) is 0 Å². The lowest BCUT2D eigenvalue weighted by Gasteiger charge is -2.27. The first-order valence-corrected chi connectivity index (χ1v) is 7.24. The van der Waals surface area contributed by atoms with Gasteiger partial charge in [0.1, 0.15) is 0 Å². The van der Waals surface area contributed by atoms with E-state index in [1.807, 2.05) is 23.9 Å². The summed E-state index contributed by atoms with van der Waals surface area (Å²) in [7, 11) is 0. The monoisotopic (exact) mass is 247 g/mol. The van der Waals surface area contributed by atoms with E-state index in [0.29, 0.717) is 23.6 Å². The number of hydrogen-bond acceptors (Lipinski definition) is 2. The molecule has 2 fully saturated rings. The number of hydrogen-bond donors (Lipinski definition) is 0. The number of fused-ring (bicyclic) bond motifs is 2. The van der Waals surface area contributed by atoms with Crippen LogP contribution < -0.4 is 0 Å². The van der Waals surface area contributed by atoms with Gasteiger partial charge in [0.15, 0.2) is 0 Å². The molecule has 2 bridgehead atoms. The number of nitrogens with zero attached hydrogens (tertiary/aromatic N) is 1. The van der Waals surface area contributed by atoms with E-state index >= 15 is 0 Å². The van der Waals surface area contributed by atoms with Gasteiger partial charge in [0.05, 0.1) is 6.42 Å². The molecule has 2 unspecified atom stereocenters. The Hall–Kier alpha value is -0.960. The largest absolute Gasteiger partial charge is 0.337 e. The maximum absolute atomic E-state index is 12.3. The Morgan fingerprint density at radius 1 is 1.47 bits per heavy atom. The van der Waals surface area contributed by atoms with Gasteiger partial charge in [-0.25, -0.2) is 0 Å². The quantitative estimate of drug-likeness (QED) is 0.799. The summed E-state index contributed by atoms with van der Waals surface area (Å²) in [4.78, 5) is 14.4. The Kier molecular flexibility index (Phi) is 2.87. The molecule has 2 atom stereocenters. The summed E-state index contributed by atoms with van der Waals surface area (Å²) in [6.07, 6.45) is 1.78. The van der Waals surface area contributed by atoms with Crippen LogP contribution in [0.25, 0.3) is 0 Å². The van der Waals surface area contributed by atoms with Gasteiger partial charge in [-0.3, -0.25) is 4.79 Å². The maximum atomic E-state index is 12.3. The summed E-state index contributed by atoms with van der Waals surface area (Å²) in [6.45, 7) is 3.05. The third-order valence-electron chi connectivity index (χ3n) is 3.82. The molecular weight excluding hydrogens is 230 g/mol. The van der Waals surface area contributed by atoms with Crippen molar-refractivity contribution in [2.24, 2.45) is 0 Å². The molecule has 2 aliphatic heterocycles. The number of aryl methyl sites for hydroxylation is 1. The van der Waals surface area contributed by atoms with Crippen LogP contribution in [0.5, 0.6) is 0 Å². The number of amides is 1. The fraction of sp³-hybridized carbons (Fsp3) is 0.500. The minimum absolute atomic E-state index is 0.312. The summed E-state index contributed by atoms with van der Waals surface area (Å²) in [5, 5.41) is 0.709. The van der Waals surface area contributed by atoms with Crippen LogP contribution >= 0.6 is 11.8 Å². The Morgan fingerprint density at radius 2 is 2.29 bits per heavy atom. The molecule has 3 rings (SSSR count). The van der Waals surface area contributed by atoms with Crippen LogP contribution in [-0.4, -0.2) is 34.4 Å². The molecule has 90 valence electrons. The first-order chi connectivity index (χ1) is 8.24. The number of likely N-dealkylation sites (tertiary alicyclic amines) is 1. The predicted molar refractivity (Wildman–Crippen MR) is 71.2 cm³/mol. The minimum Gasteiger partial charge on any atom is -0.337 e. The van der Waals surface area contributed by atoms with Crippen LogP contribution in [0.4, 0.5) is 0 Å². The van der Waals surface area contributed by atoms with E-state index in [0.717, 1.165) is 12.3 Å². The van der Waals surface area contributed by atoms with E-state index in [1.165, 1.54) is 17.5 Å². The molecule has 0 radical (unpaired) electrons. The van der Waals surface area contributed by atoms with Crippen molar-refractivity contribution in [3.8, 4) is 0 Å². The molecular formula is C14H17NOS. The van der Waals surface area contributed by atoms with Crippen molar-refractivity contribution >= 4 is 17.7 Å². The summed E-state index contributed by atoms with van der Waals surface area (Å²) in [5.41, 5.74) is 2.40. The standard InChI is InChI=1S/C14H17NOS/c1-10-4-2-3-5-11(10)6-14(16)15-8-13-7-12(15)9-17-13/h2-5,12-13H,6-9H2,1H3. The molecule has 0 aromatic heterocycles. The lowest BCUT2D eigenvalue weighted by molar-refractivity contribution is -0.130. The molecule has 1 amide bonds. The maximum Gasteiger partial charge on any atom is 0.227 e. The van der Waals surface area contributed by atoms with Crippen LogP contribution in [0.3, 0.4) is 0 Å². The highest BCUT2D eigenvalue weighted by atomic mass is 32.2. The Morgan fingerprint density at radius 3 is 2.94 bits per heavy atom. The Bertz CT molecular complexity index is 446. The Balaban J connectivity index is 1.70. The molecule has 1 aromatic rings. The fourth-order valence-electron chi connectivity index (χ4n) is 2.78. The fourth-order valence-corrected chi connectivity index (χ4v) is 4.21. The first-order valence-electron chi connectivity index (χ1n) is 6.19. The molecule has 3 heteroatoms. The van der Waals surface area contributed by atoms with Crippen molar-refractivity contribution in [1.82, 2.24) is 4.90 Å². The lowest BCUT2D eigenvalue weighted by atomic mass is 10.1. The molecule has 2 aliphatic rings. The van der Waals surface area contributed by atoms with Gasteiger partial charge < -0.3 is 4.90 Å². The number of rotatable bonds is 2. The van der Waals surface area contributed by atoms with Gasteiger partial charge in [-0.2, -0.15) is 11.8 Å². The van der Waals surface area contributed by atoms with Gasteiger partial charge in [-0.05, 0) is 24.5 Å². The van der Waals surface area contributed by atoms with E-state index in [4.69, 9.17) is 0 Å². The van der Waals surface area contributed by atoms with Gasteiger partial charge >= 0.3 is 0 Å². The van der Waals surface area contributed by atoms with Crippen LogP contribution in [0.1, 0.15) is 17.5 Å². The van der Waals surface area contributed by atoms with E-state index in [-0.39, 0.29) is 0 Å². The highest BCUT2D eigenvalue weighted by Gasteiger charge is 2.40. The van der Waals surface area contributed by atoms with Crippen molar-refractivity contribution < 1.29 is 4.79 Å². The summed E-state index contributed by atoms with van der Waals surface area (Å²) in [5.74, 6) is 1.46. The summed E-state index contributed by atoms with van der Waals surface area (Å²) >= 11 is 2.03. The van der Waals surface area contributed by atoms with E-state index < -0.39 is 0 Å². The number of thioether (sulfide) groups is 1. The average Bonchev–Trinajstić information content (AvgIpc) is 2.94. The molecule has 0 aliphatic carbocycles. The van der Waals surface area contributed by atoms with E-state index in [9.17, 15) is 4.79 Å². The predicted octanol–water partition coefficient (Wildman–Crippen LogP) is 2.25. The SMILES string of the molecule is Cc1ccccc1CC(=O)N1CC2CC1CS2. The smallest absolute Gasteiger partial charge is 0.227 e. The van der Waals surface area contributed by atoms with Gasteiger partial charge in [0.25, 0.3) is 0 Å². The second kappa shape index (κ2) is 4.37. The topological polar surface area (TPSA) is 20.3 Å². The highest BCUT2D eigenvalue weighted by molar-refractivity contribution is 8.00. The third kappa shape index (κ3) is 2.08. The van der Waals surface area contributed by atoms with Crippen molar-refractivity contribution in [2.45, 2.75) is 31.1 Å². The van der Waals surface area contributed by atoms with Crippen LogP contribution in [0.2, 0.25) is 0 Å². The molecule has 0 spiro atoms. The van der Waals surface area contributed by atoms with Gasteiger partial charge in [0.2, 0.25) is 5.91 Å². The second-order valence-corrected chi connectivity index (χ2v) is 6.33. The van der Waals surface area contributed by atoms with E-state index in [1.54, 1.807) is 0 Å². The zero-order valence-corrected chi connectivity index (χ0v) is 10.9. The number of carbonyl (C=O) groups is 1. The van der Waals surface area contributed by atoms with Crippen LogP contribution in [-0.2, 0) is 11.2 Å². The molecule has 0 saturated carbocycles. The van der Waals surface area contributed by atoms with Gasteiger partial charge in [-0.1, -0.05) is 24.3 Å². The average molecular weight is 247 g/mol. The molecule has 17 heavy (non-hydrogen) atoms. The van der Waals surface area contributed by atoms with Crippen molar-refractivity contribution in [1.29, 1.82) is 0 Å². The molecule has 2 heterocycles. The van der Waals surface area contributed by atoms with Crippen molar-refractivity contribution in [3.63, 3.8) is 0 Å². The second-order valence-electron chi connectivity index (χ2n) is 4.99. The molecule has 0 N–H and O–H groups in total. The minimum atomic E-state index is 0.312. The third-order valence-corrected chi connectivity index (χ3v) is 5.21. The normalized spacial score (nSPS) is 26.5. The highest BCUT2D eigenvalue weighted by Crippen LogP contribution is 2.37.